The highest BCUT2D eigenvalue weighted by Crippen LogP contribution is 2.31. The Hall–Kier alpha value is -3.17. The summed E-state index contributed by atoms with van der Waals surface area (Å²) in [6, 6.07) is 8.29. The summed E-state index contributed by atoms with van der Waals surface area (Å²) < 4.78 is 7.38. The van der Waals surface area contributed by atoms with E-state index < -0.39 is 0 Å². The standard InChI is InChI=1S/C27H34N6O3/c1-17-12-19(2-5-22(17)27(35)30-20-3-4-20)23-15-29-33-24(28-14-18-7-10-36-11-8-18)13-25(31-26(23)33)32-9-6-21(34)16-32/h2,5,12-13,15,18,20-21,28,34H,3-4,6-11,14,16H2,1H3,(H,30,35)/t21-/m0/s1. The maximum Gasteiger partial charge on any atom is 0.251 e. The number of β-amino-alcohol motifs (C(OH)–C–C–N with tert-alkyl or cyclic N) is 1. The lowest BCUT2D eigenvalue weighted by Crippen LogP contribution is -2.26. The number of carbonyl (C=O) groups excluding carboxylic acids is 1. The van der Waals surface area contributed by atoms with E-state index in [4.69, 9.17) is 14.8 Å². The van der Waals surface area contributed by atoms with Gasteiger partial charge in [-0.15, -0.1) is 0 Å². The van der Waals surface area contributed by atoms with Gasteiger partial charge in [-0.2, -0.15) is 9.61 Å². The molecule has 36 heavy (non-hydrogen) atoms. The minimum atomic E-state index is -0.331. The number of rotatable bonds is 7. The van der Waals surface area contributed by atoms with Crippen molar-refractivity contribution in [3.05, 3.63) is 41.6 Å². The molecule has 3 N–H and O–H groups in total. The smallest absolute Gasteiger partial charge is 0.251 e. The molecule has 2 aromatic heterocycles. The van der Waals surface area contributed by atoms with Crippen LogP contribution in [0.2, 0.25) is 0 Å². The highest BCUT2D eigenvalue weighted by molar-refractivity contribution is 5.97. The lowest BCUT2D eigenvalue weighted by molar-refractivity contribution is 0.0699. The molecule has 1 atom stereocenters. The third kappa shape index (κ3) is 4.77. The van der Waals surface area contributed by atoms with E-state index in [2.05, 4.69) is 15.5 Å². The zero-order valence-electron chi connectivity index (χ0n) is 20.7. The second-order valence-electron chi connectivity index (χ2n) is 10.4. The van der Waals surface area contributed by atoms with Crippen LogP contribution < -0.4 is 15.5 Å². The lowest BCUT2D eigenvalue weighted by Gasteiger charge is -2.23. The molecular formula is C27H34N6O3. The van der Waals surface area contributed by atoms with Crippen LogP contribution in [0.5, 0.6) is 0 Å². The van der Waals surface area contributed by atoms with E-state index in [-0.39, 0.29) is 12.0 Å². The second kappa shape index (κ2) is 9.71. The van der Waals surface area contributed by atoms with Crippen LogP contribution in [0.3, 0.4) is 0 Å². The highest BCUT2D eigenvalue weighted by Gasteiger charge is 2.26. The van der Waals surface area contributed by atoms with Gasteiger partial charge in [-0.05, 0) is 62.1 Å². The predicted octanol–water partition coefficient (Wildman–Crippen LogP) is 3.01. The quantitative estimate of drug-likeness (QED) is 0.468. The summed E-state index contributed by atoms with van der Waals surface area (Å²) in [7, 11) is 0. The van der Waals surface area contributed by atoms with Gasteiger partial charge in [0, 0.05) is 56.1 Å². The fraction of sp³-hybridized carbons (Fsp3) is 0.519. The van der Waals surface area contributed by atoms with Crippen LogP contribution in [0.1, 0.15) is 48.0 Å². The van der Waals surface area contributed by atoms with Crippen molar-refractivity contribution in [3.8, 4) is 11.1 Å². The van der Waals surface area contributed by atoms with Gasteiger partial charge < -0.3 is 25.4 Å². The second-order valence-corrected chi connectivity index (χ2v) is 10.4. The van der Waals surface area contributed by atoms with Crippen LogP contribution in [-0.2, 0) is 4.74 Å². The van der Waals surface area contributed by atoms with Gasteiger partial charge in [0.25, 0.3) is 5.91 Å². The first-order valence-electron chi connectivity index (χ1n) is 13.1. The van der Waals surface area contributed by atoms with Crippen LogP contribution >= 0.6 is 0 Å². The zero-order chi connectivity index (χ0) is 24.6. The average molecular weight is 491 g/mol. The first-order valence-corrected chi connectivity index (χ1v) is 13.1. The molecule has 1 amide bonds. The first kappa shape index (κ1) is 23.2. The number of anilines is 2. The Morgan fingerprint density at radius 1 is 1.17 bits per heavy atom. The SMILES string of the molecule is Cc1cc(-c2cnn3c(NCC4CCOCC4)cc(N4CC[C@H](O)C4)nc23)ccc1C(=O)NC1CC1. The lowest BCUT2D eigenvalue weighted by atomic mass is 10.0. The molecule has 3 fully saturated rings. The molecule has 2 saturated heterocycles. The predicted molar refractivity (Wildman–Crippen MR) is 139 cm³/mol. The number of aliphatic hydroxyl groups excluding tert-OH is 1. The number of amides is 1. The van der Waals surface area contributed by atoms with Crippen molar-refractivity contribution < 1.29 is 14.6 Å². The van der Waals surface area contributed by atoms with Gasteiger partial charge in [0.15, 0.2) is 5.65 Å². The number of fused-ring (bicyclic) bond motifs is 1. The van der Waals surface area contributed by atoms with Crippen LogP contribution in [-0.4, -0.2) is 70.6 Å². The van der Waals surface area contributed by atoms with E-state index in [9.17, 15) is 9.90 Å². The van der Waals surface area contributed by atoms with Crippen molar-refractivity contribution in [3.63, 3.8) is 0 Å². The Balaban J connectivity index is 1.34. The largest absolute Gasteiger partial charge is 0.391 e. The molecule has 1 aliphatic carbocycles. The molecule has 190 valence electrons. The number of hydrogen-bond donors (Lipinski definition) is 3. The normalized spacial score (nSPS) is 20.7. The molecular weight excluding hydrogens is 456 g/mol. The number of nitrogens with one attached hydrogen (secondary N) is 2. The van der Waals surface area contributed by atoms with E-state index in [1.54, 1.807) is 0 Å². The number of benzene rings is 1. The van der Waals surface area contributed by atoms with Crippen LogP contribution in [0, 0.1) is 12.8 Å². The van der Waals surface area contributed by atoms with Gasteiger partial charge in [0.1, 0.15) is 11.6 Å². The fourth-order valence-electron chi connectivity index (χ4n) is 5.17. The molecule has 1 aromatic carbocycles. The minimum absolute atomic E-state index is 0.00554. The van der Waals surface area contributed by atoms with Crippen molar-refractivity contribution >= 4 is 23.2 Å². The summed E-state index contributed by atoms with van der Waals surface area (Å²) >= 11 is 0. The number of nitrogens with zero attached hydrogens (tertiary/aromatic N) is 4. The van der Waals surface area contributed by atoms with Crippen molar-refractivity contribution in [1.29, 1.82) is 0 Å². The molecule has 4 heterocycles. The molecule has 2 aliphatic heterocycles. The Morgan fingerprint density at radius 3 is 2.72 bits per heavy atom. The van der Waals surface area contributed by atoms with Crippen molar-refractivity contribution in [2.45, 2.75) is 51.2 Å². The van der Waals surface area contributed by atoms with Crippen molar-refractivity contribution in [2.75, 3.05) is 43.1 Å². The average Bonchev–Trinajstić information content (AvgIpc) is 3.41. The molecule has 3 aromatic rings. The molecule has 0 unspecified atom stereocenters. The van der Waals surface area contributed by atoms with E-state index >= 15 is 0 Å². The maximum absolute atomic E-state index is 12.6. The summed E-state index contributed by atoms with van der Waals surface area (Å²) in [5.74, 6) is 2.29. The molecule has 0 spiro atoms. The molecule has 6 rings (SSSR count). The van der Waals surface area contributed by atoms with Crippen LogP contribution in [0.25, 0.3) is 16.8 Å². The zero-order valence-corrected chi connectivity index (χ0v) is 20.7. The minimum Gasteiger partial charge on any atom is -0.391 e. The van der Waals surface area contributed by atoms with E-state index in [0.717, 1.165) is 92.4 Å². The fourth-order valence-corrected chi connectivity index (χ4v) is 5.17. The van der Waals surface area contributed by atoms with Crippen LogP contribution in [0.15, 0.2) is 30.5 Å². The van der Waals surface area contributed by atoms with Crippen molar-refractivity contribution in [1.82, 2.24) is 19.9 Å². The molecule has 0 bridgehead atoms. The van der Waals surface area contributed by atoms with Gasteiger partial charge in [-0.1, -0.05) is 12.1 Å². The number of aryl methyl sites for hydroxylation is 1. The molecule has 9 heteroatoms. The molecule has 3 aliphatic rings. The van der Waals surface area contributed by atoms with Gasteiger partial charge >= 0.3 is 0 Å². The monoisotopic (exact) mass is 490 g/mol. The van der Waals surface area contributed by atoms with Gasteiger partial charge in [-0.3, -0.25) is 4.79 Å². The Labute approximate surface area is 210 Å². The number of aromatic nitrogens is 3. The van der Waals surface area contributed by atoms with Gasteiger partial charge in [0.2, 0.25) is 0 Å². The summed E-state index contributed by atoms with van der Waals surface area (Å²) in [6.45, 7) is 5.81. The van der Waals surface area contributed by atoms with E-state index in [0.29, 0.717) is 24.1 Å². The summed E-state index contributed by atoms with van der Waals surface area (Å²) in [4.78, 5) is 19.7. The number of carbonyl (C=O) groups is 1. The van der Waals surface area contributed by atoms with E-state index in [1.165, 1.54) is 0 Å². The van der Waals surface area contributed by atoms with E-state index in [1.807, 2.05) is 41.9 Å². The number of aliphatic hydroxyl groups is 1. The van der Waals surface area contributed by atoms with Gasteiger partial charge in [0.05, 0.1) is 12.3 Å². The molecule has 9 nitrogen and oxygen atoms in total. The Bertz CT molecular complexity index is 1260. The number of ether oxygens (including phenoxy) is 1. The van der Waals surface area contributed by atoms with Crippen LogP contribution in [0.4, 0.5) is 11.6 Å². The topological polar surface area (TPSA) is 104 Å². The van der Waals surface area contributed by atoms with Crippen molar-refractivity contribution in [2.24, 2.45) is 5.92 Å². The Kier molecular flexibility index (Phi) is 6.27. The summed E-state index contributed by atoms with van der Waals surface area (Å²) in [6.07, 6.45) is 6.50. The molecule has 1 saturated carbocycles. The third-order valence-corrected chi connectivity index (χ3v) is 7.55. The first-order chi connectivity index (χ1) is 17.5. The number of hydrogen-bond acceptors (Lipinski definition) is 7. The summed E-state index contributed by atoms with van der Waals surface area (Å²) in [5, 5.41) is 21.5. The Morgan fingerprint density at radius 2 is 2.00 bits per heavy atom. The highest BCUT2D eigenvalue weighted by atomic mass is 16.5. The maximum atomic E-state index is 12.6. The van der Waals surface area contributed by atoms with Gasteiger partial charge in [-0.25, -0.2) is 4.98 Å². The summed E-state index contributed by atoms with van der Waals surface area (Å²) in [5.41, 5.74) is 4.30. The third-order valence-electron chi connectivity index (χ3n) is 7.55. The molecule has 0 radical (unpaired) electrons.